The van der Waals surface area contributed by atoms with Crippen molar-refractivity contribution < 1.29 is 13.2 Å². The average molecular weight is 288 g/mol. The molecule has 0 unspecified atom stereocenters. The lowest BCUT2D eigenvalue weighted by molar-refractivity contribution is -0.137. The highest BCUT2D eigenvalue weighted by Gasteiger charge is 2.32. The summed E-state index contributed by atoms with van der Waals surface area (Å²) in [5.74, 6) is 0. The second kappa shape index (κ2) is 5.00. The maximum Gasteiger partial charge on any atom is 0.416 e. The SMILES string of the molecule is CN(c1cc(C(N)=S)cc(C(F)(F)F)c1)C1CCC1. The standard InChI is InChI=1S/C13H15F3N2S/c1-18(10-3-2-4-10)11-6-8(12(17)19)5-9(7-11)13(14,15)16/h5-7,10H,2-4H2,1H3,(H2,17,19). The average Bonchev–Trinajstić information content (AvgIpc) is 2.24. The van der Waals surface area contributed by atoms with Crippen LogP contribution < -0.4 is 10.6 Å². The van der Waals surface area contributed by atoms with E-state index in [-0.39, 0.29) is 10.6 Å². The first-order chi connectivity index (χ1) is 8.79. The zero-order valence-corrected chi connectivity index (χ0v) is 11.3. The third-order valence-electron chi connectivity index (χ3n) is 3.56. The van der Waals surface area contributed by atoms with E-state index < -0.39 is 11.7 Å². The third-order valence-corrected chi connectivity index (χ3v) is 3.80. The van der Waals surface area contributed by atoms with Gasteiger partial charge < -0.3 is 10.6 Å². The fourth-order valence-electron chi connectivity index (χ4n) is 2.11. The van der Waals surface area contributed by atoms with Crippen LogP contribution in [0.15, 0.2) is 18.2 Å². The van der Waals surface area contributed by atoms with Crippen molar-refractivity contribution in [3.05, 3.63) is 29.3 Å². The Labute approximate surface area is 115 Å². The third kappa shape index (κ3) is 3.00. The summed E-state index contributed by atoms with van der Waals surface area (Å²) in [5.41, 5.74) is 5.53. The van der Waals surface area contributed by atoms with Gasteiger partial charge in [-0.25, -0.2) is 0 Å². The van der Waals surface area contributed by atoms with Crippen LogP contribution in [0, 0.1) is 0 Å². The molecule has 1 aliphatic carbocycles. The minimum atomic E-state index is -4.39. The number of hydrogen-bond donors (Lipinski definition) is 1. The van der Waals surface area contributed by atoms with Gasteiger partial charge in [-0.1, -0.05) is 12.2 Å². The first kappa shape index (κ1) is 14.1. The molecule has 1 saturated carbocycles. The van der Waals surface area contributed by atoms with Gasteiger partial charge in [-0.05, 0) is 37.5 Å². The number of nitrogens with two attached hydrogens (primary N) is 1. The number of thiocarbonyl (C=S) groups is 1. The number of halogens is 3. The molecule has 0 saturated heterocycles. The van der Waals surface area contributed by atoms with Crippen molar-refractivity contribution in [2.45, 2.75) is 31.5 Å². The highest BCUT2D eigenvalue weighted by molar-refractivity contribution is 7.80. The van der Waals surface area contributed by atoms with Crippen molar-refractivity contribution in [3.8, 4) is 0 Å². The number of rotatable bonds is 3. The Bertz CT molecular complexity index is 495. The zero-order valence-electron chi connectivity index (χ0n) is 10.5. The first-order valence-corrected chi connectivity index (χ1v) is 6.45. The number of anilines is 1. The van der Waals surface area contributed by atoms with E-state index >= 15 is 0 Å². The van der Waals surface area contributed by atoms with E-state index in [0.29, 0.717) is 11.7 Å². The molecule has 0 bridgehead atoms. The molecule has 2 N–H and O–H groups in total. The van der Waals surface area contributed by atoms with Gasteiger partial charge in [0.2, 0.25) is 0 Å². The monoisotopic (exact) mass is 288 g/mol. The molecule has 0 aliphatic heterocycles. The van der Waals surface area contributed by atoms with Crippen LogP contribution in [0.4, 0.5) is 18.9 Å². The van der Waals surface area contributed by atoms with E-state index in [1.807, 2.05) is 11.9 Å². The van der Waals surface area contributed by atoms with E-state index in [2.05, 4.69) is 0 Å². The first-order valence-electron chi connectivity index (χ1n) is 6.04. The summed E-state index contributed by atoms with van der Waals surface area (Å²) >= 11 is 4.79. The quantitative estimate of drug-likeness (QED) is 0.865. The Morgan fingerprint density at radius 3 is 2.37 bits per heavy atom. The van der Waals surface area contributed by atoms with Gasteiger partial charge in [-0.3, -0.25) is 0 Å². The Morgan fingerprint density at radius 2 is 1.95 bits per heavy atom. The Morgan fingerprint density at radius 1 is 1.32 bits per heavy atom. The van der Waals surface area contributed by atoms with Crippen molar-refractivity contribution in [2.75, 3.05) is 11.9 Å². The van der Waals surface area contributed by atoms with Gasteiger partial charge >= 0.3 is 6.18 Å². The molecule has 6 heteroatoms. The van der Waals surface area contributed by atoms with E-state index in [0.717, 1.165) is 31.4 Å². The van der Waals surface area contributed by atoms with Crippen molar-refractivity contribution in [2.24, 2.45) is 5.73 Å². The van der Waals surface area contributed by atoms with Gasteiger partial charge in [0.25, 0.3) is 0 Å². The number of benzene rings is 1. The Balaban J connectivity index is 2.41. The zero-order chi connectivity index (χ0) is 14.2. The maximum absolute atomic E-state index is 12.9. The predicted octanol–water partition coefficient (Wildman–Crippen LogP) is 3.33. The van der Waals surface area contributed by atoms with Gasteiger partial charge in [-0.15, -0.1) is 0 Å². The number of nitrogens with zero attached hydrogens (tertiary/aromatic N) is 1. The van der Waals surface area contributed by atoms with Crippen LogP contribution >= 0.6 is 12.2 Å². The number of alkyl halides is 3. The molecule has 104 valence electrons. The van der Waals surface area contributed by atoms with Crippen molar-refractivity contribution in [3.63, 3.8) is 0 Å². The molecule has 1 fully saturated rings. The smallest absolute Gasteiger partial charge is 0.389 e. The molecule has 19 heavy (non-hydrogen) atoms. The van der Waals surface area contributed by atoms with E-state index in [4.69, 9.17) is 18.0 Å². The molecule has 0 heterocycles. The largest absolute Gasteiger partial charge is 0.416 e. The van der Waals surface area contributed by atoms with E-state index in [9.17, 15) is 13.2 Å². The predicted molar refractivity (Wildman–Crippen MR) is 73.4 cm³/mol. The van der Waals surface area contributed by atoms with Gasteiger partial charge in [0.15, 0.2) is 0 Å². The maximum atomic E-state index is 12.9. The molecule has 0 radical (unpaired) electrons. The van der Waals surface area contributed by atoms with Crippen LogP contribution in [-0.4, -0.2) is 18.1 Å². The molecule has 0 atom stereocenters. The molecule has 0 spiro atoms. The van der Waals surface area contributed by atoms with Crippen LogP contribution in [0.3, 0.4) is 0 Å². The molecule has 0 amide bonds. The molecule has 2 nitrogen and oxygen atoms in total. The van der Waals surface area contributed by atoms with Gasteiger partial charge in [0, 0.05) is 24.3 Å². The van der Waals surface area contributed by atoms with Crippen LogP contribution in [0.2, 0.25) is 0 Å². The lowest BCUT2D eigenvalue weighted by Gasteiger charge is -2.36. The summed E-state index contributed by atoms with van der Waals surface area (Å²) in [7, 11) is 1.81. The summed E-state index contributed by atoms with van der Waals surface area (Å²) in [6.45, 7) is 0. The molecular formula is C13H15F3N2S. The summed E-state index contributed by atoms with van der Waals surface area (Å²) in [5, 5.41) is 0. The number of hydrogen-bond acceptors (Lipinski definition) is 2. The van der Waals surface area contributed by atoms with Crippen LogP contribution in [0.5, 0.6) is 0 Å². The summed E-state index contributed by atoms with van der Waals surface area (Å²) < 4.78 is 38.6. The molecular weight excluding hydrogens is 273 g/mol. The topological polar surface area (TPSA) is 29.3 Å². The van der Waals surface area contributed by atoms with Gasteiger partial charge in [0.05, 0.1) is 5.56 Å². The van der Waals surface area contributed by atoms with Gasteiger partial charge in [-0.2, -0.15) is 13.2 Å². The minimum absolute atomic E-state index is 0.0191. The molecule has 1 aliphatic rings. The van der Waals surface area contributed by atoms with E-state index in [1.165, 1.54) is 0 Å². The molecule has 1 aromatic rings. The fourth-order valence-corrected chi connectivity index (χ4v) is 2.22. The summed E-state index contributed by atoms with van der Waals surface area (Å²) in [6.07, 6.45) is -1.25. The molecule has 1 aromatic carbocycles. The molecule has 0 aromatic heterocycles. The lowest BCUT2D eigenvalue weighted by Crippen LogP contribution is -2.37. The second-order valence-corrected chi connectivity index (χ2v) is 5.27. The second-order valence-electron chi connectivity index (χ2n) is 4.83. The van der Waals surface area contributed by atoms with Crippen LogP contribution in [-0.2, 0) is 6.18 Å². The highest BCUT2D eigenvalue weighted by atomic mass is 32.1. The van der Waals surface area contributed by atoms with Crippen LogP contribution in [0.1, 0.15) is 30.4 Å². The lowest BCUT2D eigenvalue weighted by atomic mass is 9.91. The van der Waals surface area contributed by atoms with Gasteiger partial charge in [0.1, 0.15) is 4.99 Å². The highest BCUT2D eigenvalue weighted by Crippen LogP contribution is 2.35. The van der Waals surface area contributed by atoms with Crippen molar-refractivity contribution in [1.82, 2.24) is 0 Å². The Kier molecular flexibility index (Phi) is 3.71. The fraction of sp³-hybridized carbons (Fsp3) is 0.462. The van der Waals surface area contributed by atoms with Crippen molar-refractivity contribution in [1.29, 1.82) is 0 Å². The minimum Gasteiger partial charge on any atom is -0.389 e. The summed E-state index contributed by atoms with van der Waals surface area (Å²) in [4.78, 5) is 1.86. The molecule has 2 rings (SSSR count). The van der Waals surface area contributed by atoms with Crippen LogP contribution in [0.25, 0.3) is 0 Å². The summed E-state index contributed by atoms with van der Waals surface area (Å²) in [6, 6.07) is 4.08. The van der Waals surface area contributed by atoms with Crippen molar-refractivity contribution >= 4 is 22.9 Å². The van der Waals surface area contributed by atoms with E-state index in [1.54, 1.807) is 6.07 Å². The Hall–Kier alpha value is -1.30. The normalized spacial score (nSPS) is 16.0.